The first-order chi connectivity index (χ1) is 10.2. The fourth-order valence-corrected chi connectivity index (χ4v) is 3.59. The van der Waals surface area contributed by atoms with Crippen molar-refractivity contribution in [3.63, 3.8) is 0 Å². The van der Waals surface area contributed by atoms with Crippen LogP contribution in [0, 0.1) is 5.92 Å². The summed E-state index contributed by atoms with van der Waals surface area (Å²) in [4.78, 5) is 15.7. The van der Waals surface area contributed by atoms with E-state index < -0.39 is 0 Å². The normalized spacial score (nSPS) is 26.2. The maximum Gasteiger partial charge on any atom is 0.241 e. The van der Waals surface area contributed by atoms with E-state index in [0.29, 0.717) is 0 Å². The summed E-state index contributed by atoms with van der Waals surface area (Å²) in [5, 5.41) is 3.44. The molecule has 114 valence electrons. The van der Waals surface area contributed by atoms with Gasteiger partial charge in [-0.15, -0.1) is 11.8 Å². The number of hydrogen-bond acceptors (Lipinski definition) is 3. The monoisotopic (exact) mass is 304 g/mol. The van der Waals surface area contributed by atoms with Crippen molar-refractivity contribution in [1.82, 2.24) is 10.2 Å². The summed E-state index contributed by atoms with van der Waals surface area (Å²) in [6, 6.07) is 8.49. The molecule has 3 rings (SSSR count). The third-order valence-corrected chi connectivity index (χ3v) is 5.55. The van der Waals surface area contributed by atoms with Gasteiger partial charge in [0.05, 0.1) is 6.04 Å². The van der Waals surface area contributed by atoms with Crippen molar-refractivity contribution in [3.8, 4) is 0 Å². The van der Waals surface area contributed by atoms with Crippen LogP contribution < -0.4 is 5.32 Å². The van der Waals surface area contributed by atoms with Crippen molar-refractivity contribution in [2.24, 2.45) is 5.92 Å². The smallest absolute Gasteiger partial charge is 0.241 e. The van der Waals surface area contributed by atoms with E-state index >= 15 is 0 Å². The van der Waals surface area contributed by atoms with Crippen molar-refractivity contribution < 1.29 is 4.79 Å². The second kappa shape index (κ2) is 6.41. The lowest BCUT2D eigenvalue weighted by atomic mass is 9.83. The molecule has 2 fully saturated rings. The first-order valence-electron chi connectivity index (χ1n) is 7.89. The van der Waals surface area contributed by atoms with Gasteiger partial charge in [0.25, 0.3) is 0 Å². The molecule has 4 heteroatoms. The Morgan fingerprint density at radius 1 is 1.29 bits per heavy atom. The van der Waals surface area contributed by atoms with E-state index in [-0.39, 0.29) is 18.1 Å². The summed E-state index contributed by atoms with van der Waals surface area (Å²) >= 11 is 1.75. The third-order valence-electron chi connectivity index (χ3n) is 4.81. The molecule has 0 radical (unpaired) electrons. The Labute approximate surface area is 131 Å². The van der Waals surface area contributed by atoms with E-state index in [2.05, 4.69) is 35.8 Å². The molecule has 0 spiro atoms. The molecule has 1 saturated heterocycles. The number of thioether (sulfide) groups is 1. The minimum absolute atomic E-state index is 0.0449. The average Bonchev–Trinajstić information content (AvgIpc) is 2.74. The summed E-state index contributed by atoms with van der Waals surface area (Å²) < 4.78 is 0. The van der Waals surface area contributed by atoms with Gasteiger partial charge in [0.1, 0.15) is 6.17 Å². The Hall–Kier alpha value is -1.00. The van der Waals surface area contributed by atoms with Crippen LogP contribution in [0.1, 0.15) is 44.3 Å². The lowest BCUT2D eigenvalue weighted by Crippen LogP contribution is -2.33. The van der Waals surface area contributed by atoms with Gasteiger partial charge >= 0.3 is 0 Å². The number of rotatable bonds is 5. The fourth-order valence-electron chi connectivity index (χ4n) is 3.18. The number of nitrogens with one attached hydrogen (secondary N) is 1. The van der Waals surface area contributed by atoms with E-state index in [1.54, 1.807) is 11.8 Å². The number of amides is 1. The molecule has 1 aromatic rings. The van der Waals surface area contributed by atoms with Gasteiger partial charge in [0.15, 0.2) is 0 Å². The zero-order chi connectivity index (χ0) is 14.8. The number of carbonyl (C=O) groups excluding carboxylic acids is 1. The highest BCUT2D eigenvalue weighted by Crippen LogP contribution is 2.32. The zero-order valence-corrected chi connectivity index (χ0v) is 13.7. The van der Waals surface area contributed by atoms with Gasteiger partial charge in [-0.1, -0.05) is 31.4 Å². The lowest BCUT2D eigenvalue weighted by molar-refractivity contribution is -0.130. The minimum atomic E-state index is -0.0726. The number of carbonyl (C=O) groups is 1. The van der Waals surface area contributed by atoms with Gasteiger partial charge in [-0.05, 0) is 43.2 Å². The maximum absolute atomic E-state index is 12.4. The van der Waals surface area contributed by atoms with Crippen molar-refractivity contribution in [1.29, 1.82) is 0 Å². The molecule has 1 N–H and O–H groups in total. The molecule has 0 bridgehead atoms. The van der Waals surface area contributed by atoms with Crippen LogP contribution in [-0.2, 0) is 4.79 Å². The van der Waals surface area contributed by atoms with Crippen LogP contribution in [0.5, 0.6) is 0 Å². The van der Waals surface area contributed by atoms with E-state index in [4.69, 9.17) is 0 Å². The van der Waals surface area contributed by atoms with Crippen LogP contribution in [0.2, 0.25) is 0 Å². The van der Waals surface area contributed by atoms with Crippen molar-refractivity contribution in [2.45, 2.75) is 49.7 Å². The molecule has 1 saturated carbocycles. The van der Waals surface area contributed by atoms with Crippen molar-refractivity contribution in [2.75, 3.05) is 12.8 Å². The molecule has 1 heterocycles. The highest BCUT2D eigenvalue weighted by molar-refractivity contribution is 7.98. The topological polar surface area (TPSA) is 32.3 Å². The van der Waals surface area contributed by atoms with Gasteiger partial charge < -0.3 is 4.90 Å². The summed E-state index contributed by atoms with van der Waals surface area (Å²) in [5.74, 6) is 1.08. The number of nitrogens with zero attached hydrogens (tertiary/aromatic N) is 1. The van der Waals surface area contributed by atoms with Gasteiger partial charge in [0.2, 0.25) is 5.91 Å². The van der Waals surface area contributed by atoms with E-state index in [1.165, 1.54) is 29.7 Å². The Bertz CT molecular complexity index is 498. The van der Waals surface area contributed by atoms with Crippen LogP contribution in [0.4, 0.5) is 0 Å². The molecule has 21 heavy (non-hydrogen) atoms. The van der Waals surface area contributed by atoms with E-state index in [1.807, 2.05) is 11.8 Å². The standard InChI is InChI=1S/C17H24N2OS/c1-12-17(20)19(11-10-13-4-3-5-13)16(18-12)14-6-8-15(21-2)9-7-14/h6-9,12-13,16,18H,3-5,10-11H2,1-2H3. The van der Waals surface area contributed by atoms with Gasteiger partial charge in [-0.3, -0.25) is 10.1 Å². The molecule has 1 aliphatic heterocycles. The minimum Gasteiger partial charge on any atom is -0.322 e. The Kier molecular flexibility index (Phi) is 4.55. The van der Waals surface area contributed by atoms with Crippen LogP contribution in [0.3, 0.4) is 0 Å². The van der Waals surface area contributed by atoms with E-state index in [0.717, 1.165) is 18.9 Å². The number of benzene rings is 1. The lowest BCUT2D eigenvalue weighted by Gasteiger charge is -2.30. The highest BCUT2D eigenvalue weighted by atomic mass is 32.2. The van der Waals surface area contributed by atoms with Crippen LogP contribution >= 0.6 is 11.8 Å². The summed E-state index contributed by atoms with van der Waals surface area (Å²) in [7, 11) is 0. The Balaban J connectivity index is 1.71. The van der Waals surface area contributed by atoms with Crippen LogP contribution in [0.15, 0.2) is 29.2 Å². The van der Waals surface area contributed by atoms with Gasteiger partial charge in [-0.25, -0.2) is 0 Å². The highest BCUT2D eigenvalue weighted by Gasteiger charge is 2.37. The molecule has 1 amide bonds. The van der Waals surface area contributed by atoms with Gasteiger partial charge in [0, 0.05) is 11.4 Å². The SMILES string of the molecule is CSc1ccc(C2NC(C)C(=O)N2CCC2CCC2)cc1. The molecule has 0 aromatic heterocycles. The van der Waals surface area contributed by atoms with Crippen molar-refractivity contribution >= 4 is 17.7 Å². The predicted molar refractivity (Wildman–Crippen MR) is 87.2 cm³/mol. The average molecular weight is 304 g/mol. The zero-order valence-electron chi connectivity index (χ0n) is 12.8. The predicted octanol–water partition coefficient (Wildman–Crippen LogP) is 3.42. The summed E-state index contributed by atoms with van der Waals surface area (Å²) in [6.45, 7) is 2.85. The molecule has 2 unspecified atom stereocenters. The second-order valence-electron chi connectivity index (χ2n) is 6.18. The third kappa shape index (κ3) is 3.11. The quantitative estimate of drug-likeness (QED) is 0.846. The summed E-state index contributed by atoms with van der Waals surface area (Å²) in [5.41, 5.74) is 1.19. The molecular formula is C17H24N2OS. The molecule has 3 nitrogen and oxygen atoms in total. The fraction of sp³-hybridized carbons (Fsp3) is 0.588. The Morgan fingerprint density at radius 2 is 2.00 bits per heavy atom. The first kappa shape index (κ1) is 14.9. The first-order valence-corrected chi connectivity index (χ1v) is 9.12. The Morgan fingerprint density at radius 3 is 2.57 bits per heavy atom. The van der Waals surface area contributed by atoms with Crippen LogP contribution in [0.25, 0.3) is 0 Å². The molecular weight excluding hydrogens is 280 g/mol. The molecule has 2 aliphatic rings. The summed E-state index contributed by atoms with van der Waals surface area (Å²) in [6.07, 6.45) is 7.34. The van der Waals surface area contributed by atoms with Crippen LogP contribution in [-0.4, -0.2) is 29.6 Å². The maximum atomic E-state index is 12.4. The largest absolute Gasteiger partial charge is 0.322 e. The number of hydrogen-bond donors (Lipinski definition) is 1. The molecule has 2 atom stereocenters. The van der Waals surface area contributed by atoms with Gasteiger partial charge in [-0.2, -0.15) is 0 Å². The van der Waals surface area contributed by atoms with Crippen molar-refractivity contribution in [3.05, 3.63) is 29.8 Å². The molecule has 1 aromatic carbocycles. The second-order valence-corrected chi connectivity index (χ2v) is 7.06. The molecule has 1 aliphatic carbocycles. The van der Waals surface area contributed by atoms with E-state index in [9.17, 15) is 4.79 Å².